The van der Waals surface area contributed by atoms with Crippen molar-refractivity contribution in [1.29, 1.82) is 0 Å². The molecule has 0 amide bonds. The van der Waals surface area contributed by atoms with Crippen molar-refractivity contribution in [1.82, 2.24) is 4.31 Å². The lowest BCUT2D eigenvalue weighted by Gasteiger charge is -2.14. The fourth-order valence-electron chi connectivity index (χ4n) is 1.38. The highest BCUT2D eigenvalue weighted by Crippen LogP contribution is 2.36. The monoisotopic (exact) mass is 463 g/mol. The second-order valence-electron chi connectivity index (χ2n) is 3.71. The predicted molar refractivity (Wildman–Crippen MR) is 87.7 cm³/mol. The molecule has 0 atom stereocenters. The topological polar surface area (TPSA) is 37.4 Å². The highest BCUT2D eigenvalue weighted by Gasteiger charge is 2.24. The van der Waals surface area contributed by atoms with Gasteiger partial charge in [0.15, 0.2) is 0 Å². The van der Waals surface area contributed by atoms with Crippen LogP contribution in [0.2, 0.25) is 5.02 Å². The summed E-state index contributed by atoms with van der Waals surface area (Å²) in [5.74, 6) is 0. The van der Waals surface area contributed by atoms with Crippen LogP contribution in [0, 0.1) is 0 Å². The van der Waals surface area contributed by atoms with E-state index < -0.39 is 10.0 Å². The molecule has 2 aromatic rings. The van der Waals surface area contributed by atoms with E-state index in [1.54, 1.807) is 7.05 Å². The maximum absolute atomic E-state index is 12.4. The van der Waals surface area contributed by atoms with Gasteiger partial charge in [-0.15, -0.1) is 22.7 Å². The van der Waals surface area contributed by atoms with Gasteiger partial charge in [-0.2, -0.15) is 4.31 Å². The molecule has 0 saturated carbocycles. The van der Waals surface area contributed by atoms with Gasteiger partial charge in [0.1, 0.15) is 4.21 Å². The van der Waals surface area contributed by atoms with Crippen molar-refractivity contribution in [3.63, 3.8) is 0 Å². The highest BCUT2D eigenvalue weighted by molar-refractivity contribution is 9.11. The number of hydrogen-bond acceptors (Lipinski definition) is 4. The molecule has 2 aromatic heterocycles. The van der Waals surface area contributed by atoms with E-state index in [9.17, 15) is 8.42 Å². The molecule has 9 heteroatoms. The second kappa shape index (κ2) is 6.13. The lowest BCUT2D eigenvalue weighted by atomic mass is 10.3. The van der Waals surface area contributed by atoms with E-state index in [1.165, 1.54) is 21.7 Å². The zero-order valence-corrected chi connectivity index (χ0v) is 15.9. The molecule has 19 heavy (non-hydrogen) atoms. The van der Waals surface area contributed by atoms with Crippen molar-refractivity contribution >= 4 is 76.2 Å². The molecule has 104 valence electrons. The van der Waals surface area contributed by atoms with Gasteiger partial charge in [0.2, 0.25) is 0 Å². The Labute approximate surface area is 141 Å². The Morgan fingerprint density at radius 2 is 2.05 bits per heavy atom. The molecular formula is C10H8Br2ClNO2S3. The minimum absolute atomic E-state index is 0.237. The van der Waals surface area contributed by atoms with E-state index >= 15 is 0 Å². The fourth-order valence-corrected chi connectivity index (χ4v) is 6.35. The van der Waals surface area contributed by atoms with Crippen LogP contribution in [0.1, 0.15) is 5.56 Å². The standard InChI is InChI=1S/C10H8Br2ClNO2S3/c1-14(4-6-2-8(11)17-5-6)19(15,16)9-3-7(13)10(12)18-9/h2-3,5H,4H2,1H3. The SMILES string of the molecule is CN(Cc1csc(Br)c1)S(=O)(=O)c1cc(Cl)c(Br)s1. The van der Waals surface area contributed by atoms with Gasteiger partial charge in [-0.3, -0.25) is 0 Å². The molecule has 0 radical (unpaired) electrons. The maximum Gasteiger partial charge on any atom is 0.252 e. The van der Waals surface area contributed by atoms with Crippen molar-refractivity contribution in [2.45, 2.75) is 10.8 Å². The van der Waals surface area contributed by atoms with Crippen LogP contribution in [0.4, 0.5) is 0 Å². The van der Waals surface area contributed by atoms with Gasteiger partial charge >= 0.3 is 0 Å². The number of rotatable bonds is 4. The van der Waals surface area contributed by atoms with Crippen LogP contribution in [-0.4, -0.2) is 19.8 Å². The summed E-state index contributed by atoms with van der Waals surface area (Å²) in [6.45, 7) is 0.331. The maximum atomic E-state index is 12.4. The van der Waals surface area contributed by atoms with Gasteiger partial charge in [0.05, 0.1) is 12.6 Å². The molecule has 0 aliphatic heterocycles. The van der Waals surface area contributed by atoms with E-state index in [4.69, 9.17) is 11.6 Å². The Morgan fingerprint density at radius 3 is 2.53 bits per heavy atom. The lowest BCUT2D eigenvalue weighted by Crippen LogP contribution is -2.25. The zero-order chi connectivity index (χ0) is 14.2. The van der Waals surface area contributed by atoms with E-state index in [2.05, 4.69) is 31.9 Å². The quantitative estimate of drug-likeness (QED) is 0.650. The summed E-state index contributed by atoms with van der Waals surface area (Å²) in [4.78, 5) is 0. The van der Waals surface area contributed by atoms with Gasteiger partial charge in [-0.1, -0.05) is 11.6 Å². The van der Waals surface area contributed by atoms with Crippen LogP contribution in [-0.2, 0) is 16.6 Å². The molecule has 2 heterocycles. The smallest absolute Gasteiger partial charge is 0.206 e. The molecule has 0 aliphatic rings. The van der Waals surface area contributed by atoms with E-state index in [0.717, 1.165) is 20.7 Å². The minimum Gasteiger partial charge on any atom is -0.206 e. The minimum atomic E-state index is -3.50. The van der Waals surface area contributed by atoms with Crippen LogP contribution in [0.25, 0.3) is 0 Å². The van der Waals surface area contributed by atoms with Crippen LogP contribution >= 0.6 is 66.1 Å². The first-order chi connectivity index (χ1) is 8.80. The summed E-state index contributed by atoms with van der Waals surface area (Å²) in [5, 5.41) is 2.34. The molecule has 0 aliphatic carbocycles. The summed E-state index contributed by atoms with van der Waals surface area (Å²) in [6, 6.07) is 3.37. The van der Waals surface area contributed by atoms with Crippen LogP contribution < -0.4 is 0 Å². The Bertz CT molecular complexity index is 676. The van der Waals surface area contributed by atoms with E-state index in [0.29, 0.717) is 15.4 Å². The van der Waals surface area contributed by atoms with Gasteiger partial charge in [0.25, 0.3) is 10.0 Å². The number of thiophene rings is 2. The van der Waals surface area contributed by atoms with Crippen molar-refractivity contribution < 1.29 is 8.42 Å². The third kappa shape index (κ3) is 3.61. The van der Waals surface area contributed by atoms with Crippen LogP contribution in [0.3, 0.4) is 0 Å². The first-order valence-corrected chi connectivity index (χ1v) is 10.0. The van der Waals surface area contributed by atoms with Crippen molar-refractivity contribution in [3.05, 3.63) is 35.7 Å². The molecule has 0 unspecified atom stereocenters. The molecule has 0 fully saturated rings. The molecule has 0 N–H and O–H groups in total. The summed E-state index contributed by atoms with van der Waals surface area (Å²) < 4.78 is 27.9. The van der Waals surface area contributed by atoms with Gasteiger partial charge in [0, 0.05) is 13.6 Å². The summed E-state index contributed by atoms with van der Waals surface area (Å²) >= 11 is 15.1. The molecule has 3 nitrogen and oxygen atoms in total. The van der Waals surface area contributed by atoms with E-state index in [-0.39, 0.29) is 4.21 Å². The van der Waals surface area contributed by atoms with Gasteiger partial charge in [-0.25, -0.2) is 8.42 Å². The number of hydrogen-bond donors (Lipinski definition) is 0. The lowest BCUT2D eigenvalue weighted by molar-refractivity contribution is 0.469. The Kier molecular flexibility index (Phi) is 5.14. The third-order valence-corrected chi connectivity index (χ3v) is 8.59. The molecule has 2 rings (SSSR count). The predicted octanol–water partition coefficient (Wildman–Crippen LogP) is 4.81. The Balaban J connectivity index is 2.24. The summed E-state index contributed by atoms with van der Waals surface area (Å²) in [5.41, 5.74) is 0.949. The van der Waals surface area contributed by atoms with Crippen LogP contribution in [0.15, 0.2) is 29.3 Å². The molecule has 0 saturated heterocycles. The molecule has 0 bridgehead atoms. The Hall–Kier alpha value is 0.560. The fraction of sp³-hybridized carbons (Fsp3) is 0.200. The number of nitrogens with zero attached hydrogens (tertiary/aromatic N) is 1. The van der Waals surface area contributed by atoms with Gasteiger partial charge in [-0.05, 0) is 54.9 Å². The van der Waals surface area contributed by atoms with Crippen LogP contribution in [0.5, 0.6) is 0 Å². The van der Waals surface area contributed by atoms with Gasteiger partial charge < -0.3 is 0 Å². The largest absolute Gasteiger partial charge is 0.252 e. The van der Waals surface area contributed by atoms with E-state index in [1.807, 2.05) is 11.4 Å². The zero-order valence-electron chi connectivity index (χ0n) is 9.56. The normalized spacial score (nSPS) is 12.3. The molecule has 0 spiro atoms. The van der Waals surface area contributed by atoms with Crippen molar-refractivity contribution in [2.75, 3.05) is 7.05 Å². The van der Waals surface area contributed by atoms with Crippen molar-refractivity contribution in [2.24, 2.45) is 0 Å². The number of sulfonamides is 1. The summed E-state index contributed by atoms with van der Waals surface area (Å²) in [6.07, 6.45) is 0. The average Bonchev–Trinajstić information content (AvgIpc) is 2.87. The average molecular weight is 466 g/mol. The first-order valence-electron chi connectivity index (χ1n) is 4.95. The first kappa shape index (κ1) is 15.9. The number of halogens is 3. The van der Waals surface area contributed by atoms with Crippen molar-refractivity contribution in [3.8, 4) is 0 Å². The Morgan fingerprint density at radius 1 is 1.37 bits per heavy atom. The second-order valence-corrected chi connectivity index (χ2v) is 11.0. The summed E-state index contributed by atoms with van der Waals surface area (Å²) in [7, 11) is -1.94. The third-order valence-electron chi connectivity index (χ3n) is 2.31. The highest BCUT2D eigenvalue weighted by atomic mass is 79.9. The molecule has 0 aromatic carbocycles. The molecular weight excluding hydrogens is 458 g/mol.